The molecule has 1 heterocycles. The summed E-state index contributed by atoms with van der Waals surface area (Å²) in [4.78, 5) is 9.56. The van der Waals surface area contributed by atoms with Gasteiger partial charge in [-0.25, -0.2) is 0 Å². The molecule has 0 aliphatic rings. The second-order valence-electron chi connectivity index (χ2n) is 1.48. The molecule has 0 aromatic carbocycles. The van der Waals surface area contributed by atoms with Crippen LogP contribution in [0, 0.1) is 4.91 Å². The third kappa shape index (κ3) is 1.56. The van der Waals surface area contributed by atoms with Crippen LogP contribution in [-0.2, 0) is 0 Å². The minimum Gasteiger partial charge on any atom is -0.470 e. The normalized spacial score (nSPS) is 8.89. The van der Waals surface area contributed by atoms with Crippen LogP contribution in [0.1, 0.15) is 0 Å². The Bertz CT molecular complexity index is 171. The molecule has 1 aromatic heterocycles. The molecule has 1 N–H and O–H groups in total. The fraction of sp³-hybridized carbons (Fsp3) is 0.200. The minimum absolute atomic E-state index is 0.0829. The maximum absolute atomic E-state index is 9.56. The summed E-state index contributed by atoms with van der Waals surface area (Å²) in [6.45, 7) is 0.0829. The predicted molar refractivity (Wildman–Crippen MR) is 33.0 cm³/mol. The molecule has 0 amide bonds. The molecule has 4 nitrogen and oxygen atoms in total. The molecule has 1 rings (SSSR count). The highest BCUT2D eigenvalue weighted by molar-refractivity contribution is 5.38. The molecule has 0 aliphatic carbocycles. The van der Waals surface area contributed by atoms with Gasteiger partial charge in [0, 0.05) is 0 Å². The van der Waals surface area contributed by atoms with E-state index in [9.17, 15) is 4.91 Å². The van der Waals surface area contributed by atoms with E-state index in [2.05, 4.69) is 10.5 Å². The number of rotatable bonds is 3. The maximum Gasteiger partial charge on any atom is 0.150 e. The Morgan fingerprint density at radius 1 is 1.78 bits per heavy atom. The van der Waals surface area contributed by atoms with Gasteiger partial charge in [0.15, 0.2) is 6.67 Å². The average Bonchev–Trinajstić information content (AvgIpc) is 2.34. The van der Waals surface area contributed by atoms with E-state index < -0.39 is 0 Å². The van der Waals surface area contributed by atoms with Crippen LogP contribution in [0.5, 0.6) is 0 Å². The first kappa shape index (κ1) is 5.81. The van der Waals surface area contributed by atoms with E-state index in [0.717, 1.165) is 5.69 Å². The van der Waals surface area contributed by atoms with Crippen molar-refractivity contribution in [1.82, 2.24) is 0 Å². The van der Waals surface area contributed by atoms with Crippen molar-refractivity contribution in [2.24, 2.45) is 5.18 Å². The van der Waals surface area contributed by atoms with Gasteiger partial charge in [-0.15, -0.1) is 4.91 Å². The first-order valence-electron chi connectivity index (χ1n) is 2.48. The van der Waals surface area contributed by atoms with Crippen molar-refractivity contribution in [3.05, 3.63) is 23.5 Å². The number of nitrogens with zero attached hydrogens (tertiary/aromatic N) is 1. The van der Waals surface area contributed by atoms with Gasteiger partial charge in [-0.05, 0) is 11.2 Å². The zero-order valence-corrected chi connectivity index (χ0v) is 4.70. The van der Waals surface area contributed by atoms with E-state index in [1.165, 1.54) is 12.5 Å². The van der Waals surface area contributed by atoms with Crippen molar-refractivity contribution >= 4 is 5.69 Å². The topological polar surface area (TPSA) is 54.6 Å². The first-order chi connectivity index (χ1) is 4.43. The van der Waals surface area contributed by atoms with Crippen molar-refractivity contribution in [3.8, 4) is 0 Å². The molecule has 0 saturated carbocycles. The van der Waals surface area contributed by atoms with Gasteiger partial charge in [0.1, 0.15) is 6.26 Å². The Kier molecular flexibility index (Phi) is 1.85. The third-order valence-corrected chi connectivity index (χ3v) is 0.869. The minimum atomic E-state index is 0.0829. The van der Waals surface area contributed by atoms with Crippen molar-refractivity contribution in [2.75, 3.05) is 12.0 Å². The van der Waals surface area contributed by atoms with Gasteiger partial charge in [-0.3, -0.25) is 0 Å². The summed E-state index contributed by atoms with van der Waals surface area (Å²) in [5, 5.41) is 5.31. The van der Waals surface area contributed by atoms with Crippen molar-refractivity contribution < 1.29 is 4.42 Å². The van der Waals surface area contributed by atoms with Crippen molar-refractivity contribution in [2.45, 2.75) is 0 Å². The lowest BCUT2D eigenvalue weighted by Crippen LogP contribution is -1.94. The summed E-state index contributed by atoms with van der Waals surface area (Å²) >= 11 is 0. The fourth-order valence-electron chi connectivity index (χ4n) is 0.489. The van der Waals surface area contributed by atoms with Crippen molar-refractivity contribution in [1.29, 1.82) is 0 Å². The molecule has 4 heteroatoms. The number of furan rings is 1. The van der Waals surface area contributed by atoms with Crippen LogP contribution >= 0.6 is 0 Å². The van der Waals surface area contributed by atoms with E-state index in [0.29, 0.717) is 0 Å². The summed E-state index contributed by atoms with van der Waals surface area (Å²) in [6, 6.07) is 1.71. The molecule has 0 aliphatic heterocycles. The molecular formula is C5H6N2O2. The number of hydrogen-bond acceptors (Lipinski definition) is 4. The molecule has 0 fully saturated rings. The summed E-state index contributed by atoms with van der Waals surface area (Å²) in [5.74, 6) is 0. The molecule has 0 spiro atoms. The molecule has 48 valence electrons. The Hall–Kier alpha value is -1.32. The lowest BCUT2D eigenvalue weighted by molar-refractivity contribution is 0.568. The monoisotopic (exact) mass is 126 g/mol. The summed E-state index contributed by atoms with van der Waals surface area (Å²) in [5.41, 5.74) is 0.773. The zero-order valence-electron chi connectivity index (χ0n) is 4.70. The molecule has 0 saturated heterocycles. The van der Waals surface area contributed by atoms with Crippen molar-refractivity contribution in [3.63, 3.8) is 0 Å². The Balaban J connectivity index is 2.38. The van der Waals surface area contributed by atoms with Gasteiger partial charge in [0.2, 0.25) is 0 Å². The molecule has 1 aromatic rings. The Morgan fingerprint density at radius 2 is 2.67 bits per heavy atom. The highest BCUT2D eigenvalue weighted by atomic mass is 16.3. The van der Waals surface area contributed by atoms with Gasteiger partial charge in [-0.2, -0.15) is 0 Å². The second kappa shape index (κ2) is 2.86. The van der Waals surface area contributed by atoms with Crippen LogP contribution in [0.3, 0.4) is 0 Å². The Morgan fingerprint density at radius 3 is 3.22 bits per heavy atom. The SMILES string of the molecule is O=NCNc1ccoc1. The summed E-state index contributed by atoms with van der Waals surface area (Å²) in [6.07, 6.45) is 3.03. The quantitative estimate of drug-likeness (QED) is 0.623. The van der Waals surface area contributed by atoms with E-state index >= 15 is 0 Å². The molecule has 0 atom stereocenters. The smallest absolute Gasteiger partial charge is 0.150 e. The lowest BCUT2D eigenvalue weighted by Gasteiger charge is -1.90. The number of hydrogen-bond donors (Lipinski definition) is 1. The highest BCUT2D eigenvalue weighted by Crippen LogP contribution is 2.04. The number of nitroso groups, excluding NO2 is 1. The molecular weight excluding hydrogens is 120 g/mol. The fourth-order valence-corrected chi connectivity index (χ4v) is 0.489. The number of nitrogens with one attached hydrogen (secondary N) is 1. The third-order valence-electron chi connectivity index (χ3n) is 0.869. The van der Waals surface area contributed by atoms with Gasteiger partial charge in [0.05, 0.1) is 12.0 Å². The summed E-state index contributed by atoms with van der Waals surface area (Å²) in [7, 11) is 0. The lowest BCUT2D eigenvalue weighted by atomic mass is 10.5. The standard InChI is InChI=1S/C5H6N2O2/c8-7-4-6-5-1-2-9-3-5/h1-3,6H,4H2. The highest BCUT2D eigenvalue weighted by Gasteiger charge is 1.88. The predicted octanol–water partition coefficient (Wildman–Crippen LogP) is 1.42. The van der Waals surface area contributed by atoms with Gasteiger partial charge in [-0.1, -0.05) is 0 Å². The van der Waals surface area contributed by atoms with Gasteiger partial charge >= 0.3 is 0 Å². The average molecular weight is 126 g/mol. The number of anilines is 1. The molecule has 0 bridgehead atoms. The maximum atomic E-state index is 9.56. The molecule has 0 radical (unpaired) electrons. The van der Waals surface area contributed by atoms with E-state index in [-0.39, 0.29) is 6.67 Å². The van der Waals surface area contributed by atoms with Gasteiger partial charge in [0.25, 0.3) is 0 Å². The summed E-state index contributed by atoms with van der Waals surface area (Å²) < 4.78 is 4.71. The largest absolute Gasteiger partial charge is 0.470 e. The van der Waals surface area contributed by atoms with Crippen LogP contribution in [0.4, 0.5) is 5.69 Å². The van der Waals surface area contributed by atoms with Crippen LogP contribution in [0.25, 0.3) is 0 Å². The van der Waals surface area contributed by atoms with Crippen LogP contribution in [-0.4, -0.2) is 6.67 Å². The van der Waals surface area contributed by atoms with Crippen LogP contribution in [0.2, 0.25) is 0 Å². The second-order valence-corrected chi connectivity index (χ2v) is 1.48. The van der Waals surface area contributed by atoms with E-state index in [1.54, 1.807) is 6.07 Å². The first-order valence-corrected chi connectivity index (χ1v) is 2.48. The van der Waals surface area contributed by atoms with Gasteiger partial charge < -0.3 is 9.73 Å². The zero-order chi connectivity index (χ0) is 6.53. The van der Waals surface area contributed by atoms with E-state index in [4.69, 9.17) is 4.42 Å². The Labute approximate surface area is 51.8 Å². The molecule has 9 heavy (non-hydrogen) atoms. The molecule has 0 unspecified atom stereocenters. The van der Waals surface area contributed by atoms with Crippen LogP contribution < -0.4 is 5.32 Å². The van der Waals surface area contributed by atoms with E-state index in [1.807, 2.05) is 0 Å². The van der Waals surface area contributed by atoms with Crippen LogP contribution in [0.15, 0.2) is 28.2 Å².